The summed E-state index contributed by atoms with van der Waals surface area (Å²) in [7, 11) is 3.46. The van der Waals surface area contributed by atoms with Crippen molar-refractivity contribution < 1.29 is 4.74 Å². The van der Waals surface area contributed by atoms with E-state index in [2.05, 4.69) is 54.6 Å². The fourth-order valence-electron chi connectivity index (χ4n) is 4.19. The number of hydrogen-bond donors (Lipinski definition) is 2. The van der Waals surface area contributed by atoms with Gasteiger partial charge >= 0.3 is 0 Å². The predicted molar refractivity (Wildman–Crippen MR) is 121 cm³/mol. The molecule has 168 valence electrons. The van der Waals surface area contributed by atoms with E-state index >= 15 is 0 Å². The van der Waals surface area contributed by atoms with Gasteiger partial charge < -0.3 is 20.3 Å². The summed E-state index contributed by atoms with van der Waals surface area (Å²) >= 11 is 0. The zero-order chi connectivity index (χ0) is 21.6. The molecule has 1 atom stereocenters. The molecule has 31 heavy (non-hydrogen) atoms. The number of methoxy groups -OCH3 is 1. The molecule has 2 aromatic rings. The highest BCUT2D eigenvalue weighted by Gasteiger charge is 2.22. The number of ether oxygens (including phenoxy) is 1. The van der Waals surface area contributed by atoms with Crippen molar-refractivity contribution in [2.75, 3.05) is 32.1 Å². The van der Waals surface area contributed by atoms with E-state index in [1.165, 1.54) is 12.8 Å². The largest absolute Gasteiger partial charge is 0.377 e. The van der Waals surface area contributed by atoms with Crippen LogP contribution in [-0.4, -0.2) is 59.0 Å². The summed E-state index contributed by atoms with van der Waals surface area (Å²) in [6.45, 7) is 6.44. The Balaban J connectivity index is 1.27. The lowest BCUT2D eigenvalue weighted by Crippen LogP contribution is -2.46. The van der Waals surface area contributed by atoms with Crippen molar-refractivity contribution in [2.45, 2.75) is 58.3 Å². The molecule has 4 heterocycles. The number of aliphatic imine (C=N–C) groups is 1. The van der Waals surface area contributed by atoms with Crippen molar-refractivity contribution in [3.05, 3.63) is 35.5 Å². The van der Waals surface area contributed by atoms with Crippen LogP contribution in [0, 0.1) is 5.92 Å². The van der Waals surface area contributed by atoms with Gasteiger partial charge in [0.1, 0.15) is 18.2 Å². The van der Waals surface area contributed by atoms with Crippen molar-refractivity contribution in [1.82, 2.24) is 30.4 Å². The van der Waals surface area contributed by atoms with E-state index in [-0.39, 0.29) is 6.04 Å². The predicted octanol–water partition coefficient (Wildman–Crippen LogP) is 1.74. The maximum absolute atomic E-state index is 5.14. The highest BCUT2D eigenvalue weighted by atomic mass is 16.5. The van der Waals surface area contributed by atoms with Crippen LogP contribution in [0.2, 0.25) is 0 Å². The molecular formula is C22H34N8O. The van der Waals surface area contributed by atoms with E-state index < -0.39 is 0 Å². The SMILES string of the molecule is CN=C(NCc1ccc(N2CCC(C)CC2)nc1)NC1CCc2nc(COC)nn2C1. The first-order valence-corrected chi connectivity index (χ1v) is 11.2. The average Bonchev–Trinajstić information content (AvgIpc) is 3.19. The number of aromatic nitrogens is 4. The molecule has 1 saturated heterocycles. The Labute approximate surface area is 184 Å². The molecule has 2 N–H and O–H groups in total. The Morgan fingerprint density at radius 1 is 1.26 bits per heavy atom. The molecule has 0 saturated carbocycles. The van der Waals surface area contributed by atoms with E-state index in [0.717, 1.165) is 67.4 Å². The number of aryl methyl sites for hydroxylation is 1. The molecule has 0 radical (unpaired) electrons. The number of piperidine rings is 1. The van der Waals surface area contributed by atoms with Crippen LogP contribution in [-0.2, 0) is 30.9 Å². The van der Waals surface area contributed by atoms with Gasteiger partial charge in [0.25, 0.3) is 0 Å². The lowest BCUT2D eigenvalue weighted by atomic mass is 9.99. The first kappa shape index (κ1) is 21.5. The molecule has 0 aliphatic carbocycles. The maximum Gasteiger partial charge on any atom is 0.191 e. The fraction of sp³-hybridized carbons (Fsp3) is 0.636. The second-order valence-corrected chi connectivity index (χ2v) is 8.56. The van der Waals surface area contributed by atoms with Crippen LogP contribution in [0.1, 0.15) is 43.4 Å². The van der Waals surface area contributed by atoms with E-state index in [4.69, 9.17) is 4.74 Å². The van der Waals surface area contributed by atoms with Gasteiger partial charge in [-0.2, -0.15) is 5.10 Å². The molecule has 1 unspecified atom stereocenters. The Morgan fingerprint density at radius 3 is 2.81 bits per heavy atom. The van der Waals surface area contributed by atoms with Crippen LogP contribution >= 0.6 is 0 Å². The average molecular weight is 427 g/mol. The van der Waals surface area contributed by atoms with Crippen LogP contribution in [0.4, 0.5) is 5.82 Å². The van der Waals surface area contributed by atoms with Crippen LogP contribution in [0.15, 0.2) is 23.3 Å². The van der Waals surface area contributed by atoms with Crippen LogP contribution < -0.4 is 15.5 Å². The summed E-state index contributed by atoms with van der Waals surface area (Å²) < 4.78 is 7.12. The third-order valence-electron chi connectivity index (χ3n) is 6.12. The summed E-state index contributed by atoms with van der Waals surface area (Å²) in [4.78, 5) is 16.0. The zero-order valence-corrected chi connectivity index (χ0v) is 18.8. The number of nitrogens with one attached hydrogen (secondary N) is 2. The molecule has 9 nitrogen and oxygen atoms in total. The quantitative estimate of drug-likeness (QED) is 0.537. The first-order valence-electron chi connectivity index (χ1n) is 11.2. The van der Waals surface area contributed by atoms with Gasteiger partial charge in [-0.1, -0.05) is 13.0 Å². The Morgan fingerprint density at radius 2 is 2.10 bits per heavy atom. The van der Waals surface area contributed by atoms with Gasteiger partial charge in [0.2, 0.25) is 0 Å². The van der Waals surface area contributed by atoms with Gasteiger partial charge in [-0.3, -0.25) is 4.99 Å². The van der Waals surface area contributed by atoms with E-state index in [9.17, 15) is 0 Å². The number of nitrogens with zero attached hydrogens (tertiary/aromatic N) is 6. The minimum atomic E-state index is 0.262. The first-order chi connectivity index (χ1) is 15.1. The minimum Gasteiger partial charge on any atom is -0.377 e. The Bertz CT molecular complexity index is 870. The topological polar surface area (TPSA) is 92.5 Å². The summed E-state index contributed by atoms with van der Waals surface area (Å²) in [6, 6.07) is 4.55. The Kier molecular flexibility index (Phi) is 7.01. The fourth-order valence-corrected chi connectivity index (χ4v) is 4.19. The van der Waals surface area contributed by atoms with Crippen molar-refractivity contribution >= 4 is 11.8 Å². The van der Waals surface area contributed by atoms with Gasteiger partial charge in [0.05, 0.1) is 6.54 Å². The smallest absolute Gasteiger partial charge is 0.191 e. The van der Waals surface area contributed by atoms with Crippen molar-refractivity contribution in [3.63, 3.8) is 0 Å². The second kappa shape index (κ2) is 10.1. The monoisotopic (exact) mass is 426 g/mol. The van der Waals surface area contributed by atoms with Gasteiger partial charge in [-0.15, -0.1) is 0 Å². The van der Waals surface area contributed by atoms with Gasteiger partial charge in [-0.05, 0) is 36.8 Å². The number of guanidine groups is 1. The van der Waals surface area contributed by atoms with E-state index in [0.29, 0.717) is 13.2 Å². The molecule has 0 aromatic carbocycles. The van der Waals surface area contributed by atoms with Crippen molar-refractivity contribution in [3.8, 4) is 0 Å². The van der Waals surface area contributed by atoms with Gasteiger partial charge in [0, 0.05) is 52.5 Å². The molecule has 4 rings (SSSR count). The second-order valence-electron chi connectivity index (χ2n) is 8.56. The number of hydrogen-bond acceptors (Lipinski definition) is 6. The summed E-state index contributed by atoms with van der Waals surface area (Å²) in [5.41, 5.74) is 1.14. The number of anilines is 1. The van der Waals surface area contributed by atoms with Crippen molar-refractivity contribution in [1.29, 1.82) is 0 Å². The number of pyridine rings is 1. The van der Waals surface area contributed by atoms with E-state index in [1.807, 2.05) is 10.9 Å². The van der Waals surface area contributed by atoms with E-state index in [1.54, 1.807) is 14.2 Å². The van der Waals surface area contributed by atoms with Gasteiger partial charge in [0.15, 0.2) is 11.8 Å². The molecule has 0 amide bonds. The zero-order valence-electron chi connectivity index (χ0n) is 18.8. The third kappa shape index (κ3) is 5.52. The Hall–Kier alpha value is -2.68. The summed E-state index contributed by atoms with van der Waals surface area (Å²) in [5, 5.41) is 11.5. The number of fused-ring (bicyclic) bond motifs is 1. The minimum absolute atomic E-state index is 0.262. The normalized spacial score (nSPS) is 19.9. The molecular weight excluding hydrogens is 392 g/mol. The third-order valence-corrected chi connectivity index (χ3v) is 6.12. The lowest BCUT2D eigenvalue weighted by Gasteiger charge is -2.31. The molecule has 2 aliphatic heterocycles. The highest BCUT2D eigenvalue weighted by Crippen LogP contribution is 2.21. The van der Waals surface area contributed by atoms with Crippen LogP contribution in [0.3, 0.4) is 0 Å². The summed E-state index contributed by atoms with van der Waals surface area (Å²) in [5.74, 6) is 4.47. The number of rotatable bonds is 6. The maximum atomic E-state index is 5.14. The highest BCUT2D eigenvalue weighted by molar-refractivity contribution is 5.79. The standard InChI is InChI=1S/C22H34N8O/c1-16-8-10-29(11-9-16)20-6-4-17(12-24-20)13-25-22(23-2)26-18-5-7-21-27-19(15-31-3)28-30(21)14-18/h4,6,12,16,18H,5,7-11,13-15H2,1-3H3,(H2,23,25,26). The van der Waals surface area contributed by atoms with Gasteiger partial charge in [-0.25, -0.2) is 14.6 Å². The molecule has 0 spiro atoms. The molecule has 2 aromatic heterocycles. The molecule has 0 bridgehead atoms. The molecule has 9 heteroatoms. The van der Waals surface area contributed by atoms with Crippen LogP contribution in [0.25, 0.3) is 0 Å². The lowest BCUT2D eigenvalue weighted by molar-refractivity contribution is 0.177. The summed E-state index contributed by atoms with van der Waals surface area (Å²) in [6.07, 6.45) is 6.35. The molecule has 1 fully saturated rings. The molecule has 2 aliphatic rings. The van der Waals surface area contributed by atoms with Crippen LogP contribution in [0.5, 0.6) is 0 Å². The van der Waals surface area contributed by atoms with Crippen molar-refractivity contribution in [2.24, 2.45) is 10.9 Å².